The zero-order chi connectivity index (χ0) is 10.4. The van der Waals surface area contributed by atoms with Crippen LogP contribution in [0.2, 0.25) is 0 Å². The monoisotopic (exact) mass is 260 g/mol. The normalized spacial score (nSPS) is 17.3. The molecule has 15 heavy (non-hydrogen) atoms. The number of benzene rings is 2. The molecule has 74 valence electrons. The Hall–Kier alpha value is -1.12. The minimum absolute atomic E-state index is 0.468. The fraction of sp³-hybridized carbons (Fsp3) is 0.0769. The number of fused-ring (bicyclic) bond motifs is 3. The summed E-state index contributed by atoms with van der Waals surface area (Å²) in [5.41, 5.74) is 4.28. The van der Waals surface area contributed by atoms with E-state index in [-0.39, 0.29) is 0 Å². The number of halogens is 1. The quantitative estimate of drug-likeness (QED) is 0.769. The molecule has 1 N–H and O–H groups in total. The zero-order valence-electron chi connectivity index (χ0n) is 7.94. The van der Waals surface area contributed by atoms with Crippen molar-refractivity contribution in [1.82, 2.24) is 0 Å². The molecule has 0 fully saturated rings. The number of rotatable bonds is 0. The summed E-state index contributed by atoms with van der Waals surface area (Å²) in [6, 6.07) is 14.0. The minimum Gasteiger partial charge on any atom is -0.384 e. The predicted molar refractivity (Wildman–Crippen MR) is 63.6 cm³/mol. The van der Waals surface area contributed by atoms with E-state index in [1.165, 1.54) is 0 Å². The van der Waals surface area contributed by atoms with Crippen LogP contribution in [0.5, 0.6) is 0 Å². The fourth-order valence-electron chi connectivity index (χ4n) is 2.15. The van der Waals surface area contributed by atoms with Gasteiger partial charge in [0, 0.05) is 4.47 Å². The molecule has 2 heteroatoms. The van der Waals surface area contributed by atoms with Crippen LogP contribution < -0.4 is 0 Å². The van der Waals surface area contributed by atoms with E-state index < -0.39 is 6.10 Å². The van der Waals surface area contributed by atoms with Gasteiger partial charge in [0.2, 0.25) is 0 Å². The van der Waals surface area contributed by atoms with Crippen LogP contribution in [0.3, 0.4) is 0 Å². The van der Waals surface area contributed by atoms with E-state index in [2.05, 4.69) is 28.1 Å². The first-order valence-corrected chi connectivity index (χ1v) is 5.63. The molecular weight excluding hydrogens is 252 g/mol. The summed E-state index contributed by atoms with van der Waals surface area (Å²) in [6.45, 7) is 0. The first-order chi connectivity index (χ1) is 7.27. The Bertz CT molecular complexity index is 534. The third kappa shape index (κ3) is 1.25. The number of aliphatic hydroxyl groups is 1. The van der Waals surface area contributed by atoms with Crippen LogP contribution in [0.25, 0.3) is 11.1 Å². The lowest BCUT2D eigenvalue weighted by Gasteiger charge is -2.04. The van der Waals surface area contributed by atoms with Gasteiger partial charge in [0.1, 0.15) is 6.10 Å². The molecule has 2 aromatic rings. The number of hydrogen-bond donors (Lipinski definition) is 1. The summed E-state index contributed by atoms with van der Waals surface area (Å²) in [5, 5.41) is 10.1. The molecule has 2 aromatic carbocycles. The minimum atomic E-state index is -0.468. The Morgan fingerprint density at radius 3 is 2.53 bits per heavy atom. The van der Waals surface area contributed by atoms with E-state index in [0.717, 1.165) is 26.7 Å². The van der Waals surface area contributed by atoms with Gasteiger partial charge in [0.25, 0.3) is 0 Å². The average Bonchev–Trinajstić information content (AvgIpc) is 2.54. The van der Waals surface area contributed by atoms with Crippen molar-refractivity contribution in [1.29, 1.82) is 0 Å². The summed E-state index contributed by atoms with van der Waals surface area (Å²) in [4.78, 5) is 0. The van der Waals surface area contributed by atoms with E-state index >= 15 is 0 Å². The first-order valence-electron chi connectivity index (χ1n) is 4.84. The number of aliphatic hydroxyl groups excluding tert-OH is 1. The maximum absolute atomic E-state index is 10.1. The molecule has 1 aliphatic carbocycles. The van der Waals surface area contributed by atoms with Crippen molar-refractivity contribution in [2.75, 3.05) is 0 Å². The van der Waals surface area contributed by atoms with Crippen molar-refractivity contribution in [2.45, 2.75) is 6.10 Å². The van der Waals surface area contributed by atoms with Gasteiger partial charge in [-0.2, -0.15) is 0 Å². The molecule has 0 amide bonds. The van der Waals surface area contributed by atoms with Gasteiger partial charge in [-0.3, -0.25) is 0 Å². The molecule has 1 aliphatic rings. The van der Waals surface area contributed by atoms with Gasteiger partial charge in [-0.25, -0.2) is 0 Å². The van der Waals surface area contributed by atoms with Crippen molar-refractivity contribution >= 4 is 15.9 Å². The van der Waals surface area contributed by atoms with Gasteiger partial charge >= 0.3 is 0 Å². The number of hydrogen-bond acceptors (Lipinski definition) is 1. The van der Waals surface area contributed by atoms with Crippen LogP contribution in [0, 0.1) is 0 Å². The first kappa shape index (κ1) is 9.13. The van der Waals surface area contributed by atoms with Gasteiger partial charge in [0.05, 0.1) is 0 Å². The van der Waals surface area contributed by atoms with Gasteiger partial charge in [-0.1, -0.05) is 46.3 Å². The fourth-order valence-corrected chi connectivity index (χ4v) is 2.51. The van der Waals surface area contributed by atoms with E-state index in [0.29, 0.717) is 0 Å². The highest BCUT2D eigenvalue weighted by Gasteiger charge is 2.26. The van der Waals surface area contributed by atoms with Crippen LogP contribution in [0.1, 0.15) is 17.2 Å². The van der Waals surface area contributed by atoms with Crippen molar-refractivity contribution in [2.24, 2.45) is 0 Å². The third-order valence-corrected chi connectivity index (χ3v) is 3.35. The van der Waals surface area contributed by atoms with Gasteiger partial charge in [-0.15, -0.1) is 0 Å². The maximum Gasteiger partial charge on any atom is 0.105 e. The van der Waals surface area contributed by atoms with Crippen LogP contribution >= 0.6 is 15.9 Å². The van der Waals surface area contributed by atoms with Crippen LogP contribution in [0.15, 0.2) is 46.9 Å². The molecule has 0 heterocycles. The van der Waals surface area contributed by atoms with Crippen LogP contribution in [-0.4, -0.2) is 5.11 Å². The predicted octanol–water partition coefficient (Wildman–Crippen LogP) is 3.51. The second-order valence-electron chi connectivity index (χ2n) is 3.72. The molecule has 0 aromatic heterocycles. The second-order valence-corrected chi connectivity index (χ2v) is 4.64. The van der Waals surface area contributed by atoms with Crippen molar-refractivity contribution < 1.29 is 5.11 Å². The Morgan fingerprint density at radius 1 is 0.933 bits per heavy atom. The molecule has 1 nitrogen and oxygen atoms in total. The molecule has 1 atom stereocenters. The van der Waals surface area contributed by atoms with Gasteiger partial charge in [-0.05, 0) is 34.4 Å². The molecular formula is C13H9BrO. The van der Waals surface area contributed by atoms with Gasteiger partial charge < -0.3 is 5.11 Å². The topological polar surface area (TPSA) is 20.2 Å². The lowest BCUT2D eigenvalue weighted by molar-refractivity contribution is 0.225. The molecule has 0 spiro atoms. The molecule has 3 rings (SSSR count). The largest absolute Gasteiger partial charge is 0.384 e. The molecule has 0 unspecified atom stereocenters. The van der Waals surface area contributed by atoms with E-state index in [1.54, 1.807) is 0 Å². The van der Waals surface area contributed by atoms with Crippen LogP contribution in [0.4, 0.5) is 0 Å². The Morgan fingerprint density at radius 2 is 1.67 bits per heavy atom. The highest BCUT2D eigenvalue weighted by Crippen LogP contribution is 2.43. The van der Waals surface area contributed by atoms with E-state index in [9.17, 15) is 5.11 Å². The van der Waals surface area contributed by atoms with Crippen molar-refractivity contribution in [3.8, 4) is 11.1 Å². The zero-order valence-corrected chi connectivity index (χ0v) is 9.53. The lowest BCUT2D eigenvalue weighted by Crippen LogP contribution is -1.92. The molecule has 0 radical (unpaired) electrons. The summed E-state index contributed by atoms with van der Waals surface area (Å²) >= 11 is 3.46. The van der Waals surface area contributed by atoms with Crippen molar-refractivity contribution in [3.63, 3.8) is 0 Å². The highest BCUT2D eigenvalue weighted by molar-refractivity contribution is 9.10. The van der Waals surface area contributed by atoms with Crippen LogP contribution in [-0.2, 0) is 0 Å². The average molecular weight is 261 g/mol. The summed E-state index contributed by atoms with van der Waals surface area (Å²) in [6.07, 6.45) is -0.468. The standard InChI is InChI=1S/C13H9BrO/c14-8-5-6-11-12(7-8)9-3-1-2-4-10(9)13(11)15/h1-7,13,15H/t13-/m0/s1. The third-order valence-electron chi connectivity index (χ3n) is 2.86. The summed E-state index contributed by atoms with van der Waals surface area (Å²) < 4.78 is 1.05. The Balaban J connectivity index is 2.34. The van der Waals surface area contributed by atoms with Crippen molar-refractivity contribution in [3.05, 3.63) is 58.1 Å². The highest BCUT2D eigenvalue weighted by atomic mass is 79.9. The van der Waals surface area contributed by atoms with E-state index in [1.807, 2.05) is 30.3 Å². The summed E-state index contributed by atoms with van der Waals surface area (Å²) in [5.74, 6) is 0. The second kappa shape index (κ2) is 3.19. The molecule has 0 saturated heterocycles. The summed E-state index contributed by atoms with van der Waals surface area (Å²) in [7, 11) is 0. The Kier molecular flexibility index (Phi) is 1.94. The SMILES string of the molecule is O[C@H]1c2ccccc2-c2cc(Br)ccc21. The maximum atomic E-state index is 10.1. The smallest absolute Gasteiger partial charge is 0.105 e. The molecule has 0 bridgehead atoms. The van der Waals surface area contributed by atoms with Gasteiger partial charge in [0.15, 0.2) is 0 Å². The molecule has 0 aliphatic heterocycles. The Labute approximate surface area is 96.5 Å². The molecule has 0 saturated carbocycles. The van der Waals surface area contributed by atoms with E-state index in [4.69, 9.17) is 0 Å². The lowest BCUT2D eigenvalue weighted by atomic mass is 10.1.